The second-order valence-corrected chi connectivity index (χ2v) is 14.2. The molecule has 0 amide bonds. The second kappa shape index (κ2) is 14.3. The summed E-state index contributed by atoms with van der Waals surface area (Å²) in [5.41, 5.74) is 9.44. The van der Waals surface area contributed by atoms with Gasteiger partial charge in [0.1, 0.15) is 22.3 Å². The fourth-order valence-corrected chi connectivity index (χ4v) is 8.52. The monoisotopic (exact) mass is 783 g/mol. The van der Waals surface area contributed by atoms with E-state index in [4.69, 9.17) is 8.83 Å². The molecule has 0 aliphatic carbocycles. The maximum absolute atomic E-state index is 11.6. The van der Waals surface area contributed by atoms with Crippen molar-refractivity contribution in [1.82, 2.24) is 9.97 Å². The molecule has 0 saturated heterocycles. The van der Waals surface area contributed by atoms with E-state index in [0.29, 0.717) is 33.4 Å². The van der Waals surface area contributed by atoms with E-state index < -0.39 is 9.85 Å². The second-order valence-electron chi connectivity index (χ2n) is 14.2. The molecule has 12 aromatic rings. The number of nitrogens with zero attached hydrogens (tertiary/aromatic N) is 2. The number of rotatable bonds is 4. The van der Waals surface area contributed by atoms with Gasteiger partial charge in [-0.3, -0.25) is 20.2 Å². The van der Waals surface area contributed by atoms with Gasteiger partial charge >= 0.3 is 0 Å². The Morgan fingerprint density at radius 2 is 0.717 bits per heavy atom. The van der Waals surface area contributed by atoms with Crippen LogP contribution < -0.4 is 0 Å². The van der Waals surface area contributed by atoms with Crippen LogP contribution in [0.4, 0.5) is 11.4 Å². The van der Waals surface area contributed by atoms with Gasteiger partial charge in [-0.05, 0) is 48.5 Å². The molecule has 0 unspecified atom stereocenters. The van der Waals surface area contributed by atoms with Gasteiger partial charge in [0.05, 0.1) is 42.8 Å². The van der Waals surface area contributed by atoms with Crippen LogP contribution in [0.25, 0.3) is 110 Å². The van der Waals surface area contributed by atoms with Crippen LogP contribution in [-0.4, -0.2) is 28.2 Å². The van der Waals surface area contributed by atoms with E-state index in [0.717, 1.165) is 65.6 Å². The molecule has 10 nitrogen and oxygen atoms in total. The number of H-pyrrole nitrogens is 2. The number of benzene rings is 8. The van der Waals surface area contributed by atoms with Crippen LogP contribution in [0.5, 0.6) is 0 Å². The summed E-state index contributed by atoms with van der Waals surface area (Å²) in [7, 11) is 0. The average molecular weight is 784 g/mol. The molecule has 0 spiro atoms. The number of fused-ring (bicyclic) bond motifs is 14. The van der Waals surface area contributed by atoms with Crippen molar-refractivity contribution in [3.05, 3.63) is 178 Å². The van der Waals surface area contributed by atoms with E-state index in [9.17, 15) is 20.2 Å². The highest BCUT2D eigenvalue weighted by molar-refractivity contribution is 6.28. The van der Waals surface area contributed by atoms with Gasteiger partial charge in [0.2, 0.25) is 0 Å². The summed E-state index contributed by atoms with van der Waals surface area (Å²) in [5, 5.41) is 31.7. The van der Waals surface area contributed by atoms with Crippen molar-refractivity contribution in [3.8, 4) is 22.3 Å². The van der Waals surface area contributed by atoms with Crippen molar-refractivity contribution >= 4 is 107 Å². The predicted octanol–water partition coefficient (Wildman–Crippen LogP) is 13.8. The van der Waals surface area contributed by atoms with Crippen LogP contribution in [0.15, 0.2) is 167 Å². The van der Waals surface area contributed by atoms with Crippen molar-refractivity contribution in [3.63, 3.8) is 0 Å². The van der Waals surface area contributed by atoms with E-state index in [1.165, 1.54) is 22.9 Å². The molecule has 0 fully saturated rings. The van der Waals surface area contributed by atoms with Crippen LogP contribution in [0.2, 0.25) is 0 Å². The number of aromatic amines is 2. The van der Waals surface area contributed by atoms with Crippen LogP contribution in [0.3, 0.4) is 0 Å². The summed E-state index contributed by atoms with van der Waals surface area (Å²) >= 11 is 0. The SMILES string of the molecule is C.O=[N+]([O-])c1ccccc1-c1cccc2c1oc1c(-c3ccccc3[N+](=O)[O-])cccc12.[B].c1ccc2c(c1)[nH]c1ccc3c4ccc5[nH]c6ccccc6c5c4oc3c12. The summed E-state index contributed by atoms with van der Waals surface area (Å²) in [6, 6.07) is 49.4. The summed E-state index contributed by atoms with van der Waals surface area (Å²) < 4.78 is 12.8. The number of aromatic nitrogens is 2. The minimum absolute atomic E-state index is 0. The lowest BCUT2D eigenvalue weighted by molar-refractivity contribution is -0.384. The van der Waals surface area contributed by atoms with Crippen LogP contribution in [0.1, 0.15) is 7.43 Å². The highest BCUT2D eigenvalue weighted by Gasteiger charge is 2.23. The van der Waals surface area contributed by atoms with E-state index in [2.05, 4.69) is 82.8 Å². The Kier molecular flexibility index (Phi) is 8.94. The molecule has 0 atom stereocenters. The number of nitro benzene ring substituents is 2. The van der Waals surface area contributed by atoms with E-state index in [1.807, 2.05) is 24.3 Å². The lowest BCUT2D eigenvalue weighted by Crippen LogP contribution is -1.91. The van der Waals surface area contributed by atoms with E-state index in [-0.39, 0.29) is 27.2 Å². The third kappa shape index (κ3) is 5.59. The maximum atomic E-state index is 11.6. The molecule has 0 saturated carbocycles. The number of furan rings is 2. The van der Waals surface area contributed by atoms with Crippen molar-refractivity contribution in [2.24, 2.45) is 0 Å². The Morgan fingerprint density at radius 3 is 1.17 bits per heavy atom. The molecule has 4 heterocycles. The van der Waals surface area contributed by atoms with Crippen LogP contribution >= 0.6 is 0 Å². The third-order valence-electron chi connectivity index (χ3n) is 11.0. The molecule has 60 heavy (non-hydrogen) atoms. The molecule has 0 aliphatic rings. The lowest BCUT2D eigenvalue weighted by atomic mass is 9.99. The number of para-hydroxylation sites is 6. The summed E-state index contributed by atoms with van der Waals surface area (Å²) in [6.07, 6.45) is 0. The number of nitrogens with one attached hydrogen (secondary N) is 2. The van der Waals surface area contributed by atoms with E-state index in [1.54, 1.807) is 48.5 Å². The zero-order chi connectivity index (χ0) is 39.1. The normalized spacial score (nSPS) is 11.3. The number of hydrogen-bond acceptors (Lipinski definition) is 6. The Morgan fingerprint density at radius 1 is 0.367 bits per heavy atom. The topological polar surface area (TPSA) is 144 Å². The van der Waals surface area contributed by atoms with Gasteiger partial charge in [0.15, 0.2) is 0 Å². The highest BCUT2D eigenvalue weighted by Crippen LogP contribution is 2.44. The standard InChI is InChI=1S/C24H14N2O5.C24H14N2O.CH4.B/c27-25(28)21-13-3-1-7-15(21)17-9-5-11-19-20-12-6-10-18(24(20)31-23(17)19)16-8-2-4-14-22(16)26(29)30;1-3-7-17-15(5-1)21-19(25-17)11-9-13-14-10-12-20-22(24(14)27-23(13)21)16-6-2-4-8-18(16)26-20;;/h1-14H;1-12,25-26H;1H4;. The van der Waals surface area contributed by atoms with Crippen LogP contribution in [-0.2, 0) is 0 Å². The van der Waals surface area contributed by atoms with Crippen LogP contribution in [0, 0.1) is 20.2 Å². The van der Waals surface area contributed by atoms with Gasteiger partial charge in [-0.25, -0.2) is 0 Å². The fraction of sp³-hybridized carbons (Fsp3) is 0.0204. The Labute approximate surface area is 342 Å². The zero-order valence-corrected chi connectivity index (χ0v) is 30.9. The quantitative estimate of drug-likeness (QED) is 0.103. The molecule has 11 heteroatoms. The van der Waals surface area contributed by atoms with Gasteiger partial charge in [-0.15, -0.1) is 0 Å². The first kappa shape index (κ1) is 37.4. The largest absolute Gasteiger partial charge is 0.455 e. The summed E-state index contributed by atoms with van der Waals surface area (Å²) in [4.78, 5) is 29.3. The van der Waals surface area contributed by atoms with Crippen molar-refractivity contribution in [2.75, 3.05) is 0 Å². The van der Waals surface area contributed by atoms with Crippen molar-refractivity contribution in [1.29, 1.82) is 0 Å². The molecule has 0 aliphatic heterocycles. The highest BCUT2D eigenvalue weighted by atomic mass is 16.6. The summed E-state index contributed by atoms with van der Waals surface area (Å²) in [5.74, 6) is 0. The molecule has 287 valence electrons. The first-order valence-electron chi connectivity index (χ1n) is 18.6. The zero-order valence-electron chi connectivity index (χ0n) is 30.9. The maximum Gasteiger partial charge on any atom is 0.277 e. The predicted molar refractivity (Wildman–Crippen MR) is 243 cm³/mol. The first-order valence-corrected chi connectivity index (χ1v) is 18.6. The molecular formula is C49H32BN4O6. The lowest BCUT2D eigenvalue weighted by Gasteiger charge is -2.04. The van der Waals surface area contributed by atoms with Gasteiger partial charge in [0.25, 0.3) is 11.4 Å². The molecule has 2 N–H and O–H groups in total. The Hall–Kier alpha value is -8.18. The fourth-order valence-electron chi connectivity index (χ4n) is 8.52. The molecule has 12 rings (SSSR count). The van der Waals surface area contributed by atoms with E-state index >= 15 is 0 Å². The number of hydrogen-bond donors (Lipinski definition) is 2. The molecular weight excluding hydrogens is 751 g/mol. The minimum atomic E-state index is -0.421. The first-order chi connectivity index (χ1) is 28.4. The molecule has 8 aromatic carbocycles. The Bertz CT molecular complexity index is 3440. The minimum Gasteiger partial charge on any atom is -0.455 e. The van der Waals surface area contributed by atoms with Gasteiger partial charge in [-0.2, -0.15) is 0 Å². The Balaban J connectivity index is 0.000000150. The van der Waals surface area contributed by atoms with Gasteiger partial charge in [0, 0.05) is 75.0 Å². The summed E-state index contributed by atoms with van der Waals surface area (Å²) in [6.45, 7) is 0. The average Bonchev–Trinajstić information content (AvgIpc) is 4.03. The van der Waals surface area contributed by atoms with Gasteiger partial charge in [-0.1, -0.05) is 104 Å². The molecule has 3 radical (unpaired) electrons. The molecule has 0 bridgehead atoms. The van der Waals surface area contributed by atoms with Crippen molar-refractivity contribution < 1.29 is 18.7 Å². The van der Waals surface area contributed by atoms with Gasteiger partial charge < -0.3 is 18.8 Å². The third-order valence-corrected chi connectivity index (χ3v) is 11.0. The molecule has 4 aromatic heterocycles. The smallest absolute Gasteiger partial charge is 0.277 e. The van der Waals surface area contributed by atoms with Crippen molar-refractivity contribution in [2.45, 2.75) is 7.43 Å². The number of nitro groups is 2.